The summed E-state index contributed by atoms with van der Waals surface area (Å²) in [4.78, 5) is 36.1. The van der Waals surface area contributed by atoms with E-state index in [0.717, 1.165) is 37.7 Å². The number of ether oxygens (including phenoxy) is 3. The van der Waals surface area contributed by atoms with Crippen molar-refractivity contribution in [3.8, 4) is 0 Å². The largest absolute Gasteiger partial charge is 0.469 e. The molecule has 4 saturated carbocycles. The SMILES string of the molecule is C=C1C(=O)OC2CC3C4(C)CCC(C(C)CCC=C(C)COC(C)=O)C4(C)CCC34CC4(CCC(=O)OC)C12. The minimum Gasteiger partial charge on any atom is -0.469 e. The van der Waals surface area contributed by atoms with Gasteiger partial charge in [0.15, 0.2) is 0 Å². The van der Waals surface area contributed by atoms with Crippen LogP contribution < -0.4 is 0 Å². The highest BCUT2D eigenvalue weighted by atomic mass is 16.6. The quantitative estimate of drug-likeness (QED) is 0.142. The fraction of sp³-hybridized carbons (Fsp3) is 0.788. The Balaban J connectivity index is 1.36. The van der Waals surface area contributed by atoms with Crippen LogP contribution in [0.1, 0.15) is 98.8 Å². The molecule has 5 aliphatic rings. The Hall–Kier alpha value is -2.11. The molecule has 4 aliphatic carbocycles. The number of allylic oxidation sites excluding steroid dienone is 1. The molecule has 1 aliphatic heterocycles. The fourth-order valence-electron chi connectivity index (χ4n) is 10.7. The van der Waals surface area contributed by atoms with E-state index in [1.807, 2.05) is 6.92 Å². The van der Waals surface area contributed by atoms with E-state index in [2.05, 4.69) is 33.4 Å². The van der Waals surface area contributed by atoms with Crippen molar-refractivity contribution in [2.45, 2.75) is 105 Å². The Labute approximate surface area is 234 Å². The van der Waals surface area contributed by atoms with Gasteiger partial charge in [-0.15, -0.1) is 0 Å². The number of carbonyl (C=O) groups excluding carboxylic acids is 3. The zero-order chi connectivity index (χ0) is 28.4. The number of carbonyl (C=O) groups is 3. The molecule has 39 heavy (non-hydrogen) atoms. The number of fused-ring (bicyclic) bond motifs is 4. The van der Waals surface area contributed by atoms with Crippen molar-refractivity contribution < 1.29 is 28.6 Å². The number of hydrogen-bond donors (Lipinski definition) is 0. The topological polar surface area (TPSA) is 78.9 Å². The van der Waals surface area contributed by atoms with E-state index in [1.54, 1.807) is 0 Å². The van der Waals surface area contributed by atoms with Gasteiger partial charge in [0.1, 0.15) is 12.7 Å². The molecule has 6 heteroatoms. The van der Waals surface area contributed by atoms with Crippen LogP contribution in [0.25, 0.3) is 0 Å². The Morgan fingerprint density at radius 1 is 1.18 bits per heavy atom. The van der Waals surface area contributed by atoms with Crippen molar-refractivity contribution in [2.24, 2.45) is 45.3 Å². The van der Waals surface area contributed by atoms with Gasteiger partial charge in [-0.1, -0.05) is 33.4 Å². The van der Waals surface area contributed by atoms with E-state index < -0.39 is 0 Å². The minimum atomic E-state index is -0.236. The number of rotatable bonds is 9. The Kier molecular flexibility index (Phi) is 7.12. The van der Waals surface area contributed by atoms with Crippen molar-refractivity contribution >= 4 is 17.9 Å². The molecule has 0 aromatic carbocycles. The molecule has 5 fully saturated rings. The van der Waals surface area contributed by atoms with Crippen LogP contribution in [0, 0.1) is 45.3 Å². The molecule has 5 rings (SSSR count). The Morgan fingerprint density at radius 2 is 1.92 bits per heavy atom. The first kappa shape index (κ1) is 28.4. The average molecular weight is 541 g/mol. The van der Waals surface area contributed by atoms with Crippen LogP contribution in [0.2, 0.25) is 0 Å². The van der Waals surface area contributed by atoms with E-state index in [1.165, 1.54) is 39.7 Å². The zero-order valence-electron chi connectivity index (χ0n) is 24.9. The van der Waals surface area contributed by atoms with E-state index in [0.29, 0.717) is 36.4 Å². The van der Waals surface area contributed by atoms with Crippen LogP contribution in [-0.2, 0) is 28.6 Å². The first-order valence-corrected chi connectivity index (χ1v) is 15.1. The van der Waals surface area contributed by atoms with Crippen LogP contribution in [0.4, 0.5) is 0 Å². The highest BCUT2D eigenvalue weighted by molar-refractivity contribution is 5.91. The van der Waals surface area contributed by atoms with Gasteiger partial charge < -0.3 is 14.2 Å². The summed E-state index contributed by atoms with van der Waals surface area (Å²) in [5, 5.41) is 0. The van der Waals surface area contributed by atoms with Gasteiger partial charge in [-0.05, 0) is 110 Å². The van der Waals surface area contributed by atoms with Crippen molar-refractivity contribution in [1.29, 1.82) is 0 Å². The van der Waals surface area contributed by atoms with Gasteiger partial charge in [0.25, 0.3) is 0 Å². The lowest BCUT2D eigenvalue weighted by Crippen LogP contribution is -2.56. The number of esters is 3. The van der Waals surface area contributed by atoms with Crippen molar-refractivity contribution in [2.75, 3.05) is 13.7 Å². The standard InChI is InChI=1S/C33H48O6/c1-20(18-38-23(4)34)9-8-10-21(2)24-11-13-31(6)26-17-25-28(22(3)29(36)39-25)33(14-12-27(35)37-7)19-32(26,33)16-15-30(24,31)5/h9,21,24-26,28H,3,8,10-19H2,1-2,4-7H3. The maximum atomic E-state index is 12.7. The van der Waals surface area contributed by atoms with Gasteiger partial charge >= 0.3 is 17.9 Å². The first-order valence-electron chi connectivity index (χ1n) is 15.1. The molecule has 9 atom stereocenters. The van der Waals surface area contributed by atoms with Gasteiger partial charge in [0.2, 0.25) is 0 Å². The monoisotopic (exact) mass is 540 g/mol. The van der Waals surface area contributed by atoms with Gasteiger partial charge in [-0.25, -0.2) is 4.79 Å². The van der Waals surface area contributed by atoms with Crippen molar-refractivity contribution in [1.82, 2.24) is 0 Å². The molecular formula is C33H48O6. The van der Waals surface area contributed by atoms with Gasteiger partial charge in [-0.2, -0.15) is 0 Å². The van der Waals surface area contributed by atoms with Crippen molar-refractivity contribution in [3.63, 3.8) is 0 Å². The third-order valence-electron chi connectivity index (χ3n) is 12.8. The molecule has 6 nitrogen and oxygen atoms in total. The molecule has 0 bridgehead atoms. The third kappa shape index (κ3) is 4.13. The second kappa shape index (κ2) is 9.76. The molecule has 1 heterocycles. The molecule has 1 saturated heterocycles. The summed E-state index contributed by atoms with van der Waals surface area (Å²) >= 11 is 0. The maximum Gasteiger partial charge on any atom is 0.334 e. The normalized spacial score (nSPS) is 43.0. The Morgan fingerprint density at radius 3 is 2.62 bits per heavy atom. The number of methoxy groups -OCH3 is 1. The molecular weight excluding hydrogens is 492 g/mol. The predicted octanol–water partition coefficient (Wildman–Crippen LogP) is 6.58. The summed E-state index contributed by atoms with van der Waals surface area (Å²) in [7, 11) is 1.46. The van der Waals surface area contributed by atoms with E-state index in [4.69, 9.17) is 14.2 Å². The van der Waals surface area contributed by atoms with E-state index in [-0.39, 0.29) is 51.6 Å². The van der Waals surface area contributed by atoms with Crippen LogP contribution in [0.15, 0.2) is 23.8 Å². The molecule has 216 valence electrons. The lowest BCUT2D eigenvalue weighted by Gasteiger charge is -2.61. The summed E-state index contributed by atoms with van der Waals surface area (Å²) in [6, 6.07) is 0. The Bertz CT molecular complexity index is 1090. The molecule has 0 N–H and O–H groups in total. The van der Waals surface area contributed by atoms with Gasteiger partial charge in [-0.3, -0.25) is 9.59 Å². The van der Waals surface area contributed by atoms with Gasteiger partial charge in [0, 0.05) is 24.8 Å². The summed E-state index contributed by atoms with van der Waals surface area (Å²) in [5.74, 6) is 1.16. The molecule has 0 aromatic rings. The lowest BCUT2D eigenvalue weighted by atomic mass is 9.43. The summed E-state index contributed by atoms with van der Waals surface area (Å²) in [5.41, 5.74) is 2.26. The van der Waals surface area contributed by atoms with E-state index in [9.17, 15) is 14.4 Å². The summed E-state index contributed by atoms with van der Waals surface area (Å²) < 4.78 is 16.2. The second-order valence-corrected chi connectivity index (χ2v) is 14.2. The van der Waals surface area contributed by atoms with E-state index >= 15 is 0 Å². The number of hydrogen-bond acceptors (Lipinski definition) is 6. The fourth-order valence-corrected chi connectivity index (χ4v) is 10.7. The van der Waals surface area contributed by atoms with Crippen LogP contribution in [0.5, 0.6) is 0 Å². The second-order valence-electron chi connectivity index (χ2n) is 14.2. The minimum absolute atomic E-state index is 0.0389. The molecule has 9 unspecified atom stereocenters. The zero-order valence-corrected chi connectivity index (χ0v) is 24.9. The average Bonchev–Trinajstić information content (AvgIpc) is 3.34. The highest BCUT2D eigenvalue weighted by Gasteiger charge is 2.83. The molecule has 0 amide bonds. The molecule has 0 radical (unpaired) electrons. The first-order chi connectivity index (χ1) is 18.3. The highest BCUT2D eigenvalue weighted by Crippen LogP contribution is 2.88. The van der Waals surface area contributed by atoms with Crippen LogP contribution >= 0.6 is 0 Å². The van der Waals surface area contributed by atoms with Gasteiger partial charge in [0.05, 0.1) is 7.11 Å². The van der Waals surface area contributed by atoms with Crippen LogP contribution in [0.3, 0.4) is 0 Å². The molecule has 0 aromatic heterocycles. The lowest BCUT2D eigenvalue weighted by molar-refractivity contribution is -0.158. The summed E-state index contributed by atoms with van der Waals surface area (Å²) in [6.45, 7) is 15.6. The smallest absolute Gasteiger partial charge is 0.334 e. The van der Waals surface area contributed by atoms with Crippen LogP contribution in [-0.4, -0.2) is 37.7 Å². The maximum absolute atomic E-state index is 12.7. The van der Waals surface area contributed by atoms with Crippen molar-refractivity contribution in [3.05, 3.63) is 23.8 Å². The predicted molar refractivity (Wildman–Crippen MR) is 148 cm³/mol. The molecule has 1 spiro atoms. The summed E-state index contributed by atoms with van der Waals surface area (Å²) in [6.07, 6.45) is 12.3. The third-order valence-corrected chi connectivity index (χ3v) is 12.8.